The fourth-order valence-corrected chi connectivity index (χ4v) is 4.90. The molecule has 0 fully saturated rings. The van der Waals surface area contributed by atoms with E-state index in [4.69, 9.17) is 0 Å². The van der Waals surface area contributed by atoms with Crippen molar-refractivity contribution in [3.63, 3.8) is 0 Å². The van der Waals surface area contributed by atoms with Crippen molar-refractivity contribution in [2.24, 2.45) is 0 Å². The number of carbonyl (C=O) groups excluding carboxylic acids is 4. The monoisotopic (exact) mass is 418 g/mol. The molecule has 0 aliphatic carbocycles. The summed E-state index contributed by atoms with van der Waals surface area (Å²) in [5, 5.41) is 0.882. The predicted octanol–water partition coefficient (Wildman–Crippen LogP) is 4.18. The second-order valence-corrected chi connectivity index (χ2v) is 8.43. The minimum Gasteiger partial charge on any atom is -0.324 e. The van der Waals surface area contributed by atoms with Crippen molar-refractivity contribution in [1.82, 2.24) is 9.71 Å². The first-order valence-corrected chi connectivity index (χ1v) is 11.2. The molecule has 2 aromatic carbocycles. The first-order valence-electron chi connectivity index (χ1n) is 11.2. The quantitative estimate of drug-likeness (QED) is 0.500. The third-order valence-electron chi connectivity index (χ3n) is 6.91. The summed E-state index contributed by atoms with van der Waals surface area (Å²) in [4.78, 5) is 55.7. The lowest BCUT2D eigenvalue weighted by Crippen LogP contribution is -2.48. The minimum absolute atomic E-state index is 0.186. The maximum atomic E-state index is 13.3. The summed E-state index contributed by atoms with van der Waals surface area (Å²) in [5.74, 6) is -1.17. The molecule has 160 valence electrons. The van der Waals surface area contributed by atoms with Crippen LogP contribution in [-0.2, 0) is 0 Å². The van der Waals surface area contributed by atoms with Gasteiger partial charge in [0.25, 0.3) is 19.2 Å². The van der Waals surface area contributed by atoms with Gasteiger partial charge in [-0.2, -0.15) is 0 Å². The summed E-state index contributed by atoms with van der Waals surface area (Å²) in [7, 11) is 0.370. The Balaban J connectivity index is 1.90. The lowest BCUT2D eigenvalue weighted by atomic mass is 9.68. The molecule has 0 N–H and O–H groups in total. The third-order valence-corrected chi connectivity index (χ3v) is 6.91. The van der Waals surface area contributed by atoms with Crippen LogP contribution in [0.2, 0.25) is 5.82 Å². The number of rotatable bonds is 7. The lowest BCUT2D eigenvalue weighted by molar-refractivity contribution is 0.0527. The Hall–Kier alpha value is -2.96. The smallest absolute Gasteiger partial charge is 0.261 e. The third kappa shape index (κ3) is 3.01. The highest BCUT2D eigenvalue weighted by atomic mass is 16.2. The fourth-order valence-electron chi connectivity index (χ4n) is 4.90. The van der Waals surface area contributed by atoms with Crippen LogP contribution >= 0.6 is 0 Å². The van der Waals surface area contributed by atoms with Crippen LogP contribution in [0, 0.1) is 0 Å². The largest absolute Gasteiger partial charge is 0.324 e. The number of amides is 4. The van der Waals surface area contributed by atoms with Gasteiger partial charge in [-0.1, -0.05) is 40.5 Å². The van der Waals surface area contributed by atoms with Gasteiger partial charge in [0.2, 0.25) is 11.8 Å². The fraction of sp³-hybridized carbons (Fsp3) is 0.417. The van der Waals surface area contributed by atoms with E-state index in [2.05, 4.69) is 13.8 Å². The predicted molar refractivity (Wildman–Crippen MR) is 121 cm³/mol. The van der Waals surface area contributed by atoms with Crippen molar-refractivity contribution in [2.45, 2.75) is 65.2 Å². The Labute approximate surface area is 182 Å². The first-order chi connectivity index (χ1) is 14.9. The van der Waals surface area contributed by atoms with E-state index >= 15 is 0 Å². The molecular weight excluding hydrogens is 391 g/mol. The normalized spacial score (nSPS) is 15.7. The molecule has 0 saturated carbocycles. The van der Waals surface area contributed by atoms with Crippen molar-refractivity contribution < 1.29 is 19.2 Å². The molecule has 0 unspecified atom stereocenters. The minimum atomic E-state index is -0.353. The summed E-state index contributed by atoms with van der Waals surface area (Å²) >= 11 is 0. The molecule has 6 nitrogen and oxygen atoms in total. The summed E-state index contributed by atoms with van der Waals surface area (Å²) in [6.07, 6.45) is 3.10. The Kier molecular flexibility index (Phi) is 5.46. The van der Waals surface area contributed by atoms with Gasteiger partial charge in [-0.3, -0.25) is 24.1 Å². The van der Waals surface area contributed by atoms with Crippen molar-refractivity contribution in [3.8, 4) is 0 Å². The average Bonchev–Trinajstić information content (AvgIpc) is 2.79. The lowest BCUT2D eigenvalue weighted by Gasteiger charge is -2.35. The molecule has 0 spiro atoms. The molecule has 31 heavy (non-hydrogen) atoms. The Morgan fingerprint density at radius 3 is 1.39 bits per heavy atom. The topological polar surface area (TPSA) is 74.8 Å². The second-order valence-electron chi connectivity index (χ2n) is 8.43. The number of nitrogens with zero attached hydrogens (tertiary/aromatic N) is 2. The van der Waals surface area contributed by atoms with E-state index in [0.29, 0.717) is 53.3 Å². The van der Waals surface area contributed by atoms with E-state index in [0.717, 1.165) is 12.8 Å². The number of carbonyl (C=O) groups is 4. The van der Waals surface area contributed by atoms with Crippen LogP contribution in [0.3, 0.4) is 0 Å². The van der Waals surface area contributed by atoms with Gasteiger partial charge in [-0.05, 0) is 42.9 Å². The van der Waals surface area contributed by atoms with Crippen molar-refractivity contribution >= 4 is 41.8 Å². The maximum absolute atomic E-state index is 13.3. The van der Waals surface area contributed by atoms with Gasteiger partial charge in [-0.15, -0.1) is 0 Å². The molecule has 0 bridgehead atoms. The second kappa shape index (κ2) is 7.95. The van der Waals surface area contributed by atoms with Crippen LogP contribution in [0.5, 0.6) is 0 Å². The molecule has 2 aromatic rings. The zero-order valence-electron chi connectivity index (χ0n) is 18.5. The van der Waals surface area contributed by atoms with Crippen LogP contribution in [0.4, 0.5) is 0 Å². The van der Waals surface area contributed by atoms with Crippen LogP contribution < -0.4 is 0 Å². The molecule has 4 rings (SSSR count). The molecule has 7 heteroatoms. The maximum Gasteiger partial charge on any atom is 0.261 e. The number of imide groups is 2. The zero-order chi connectivity index (χ0) is 22.4. The standard InChI is InChI=1S/C24H27BN2O4/c1-5-13(6-2)25-27-23(30)17-11-9-15-19-16(10-12-18(20(17)19)24(27)31)22(29)26(21(15)28)14(7-3)8-4/h9-14,25H,5-8H2,1-4H3. The van der Waals surface area contributed by atoms with Crippen LogP contribution in [-0.4, -0.2) is 46.8 Å². The Bertz CT molecular complexity index is 1050. The van der Waals surface area contributed by atoms with Crippen molar-refractivity contribution in [1.29, 1.82) is 0 Å². The molecule has 0 atom stereocenters. The van der Waals surface area contributed by atoms with Gasteiger partial charge in [-0.25, -0.2) is 0 Å². The van der Waals surface area contributed by atoms with Gasteiger partial charge in [0.1, 0.15) is 0 Å². The van der Waals surface area contributed by atoms with Crippen molar-refractivity contribution in [2.75, 3.05) is 0 Å². The molecule has 0 saturated heterocycles. The van der Waals surface area contributed by atoms with E-state index in [9.17, 15) is 19.2 Å². The van der Waals surface area contributed by atoms with Crippen LogP contribution in [0.15, 0.2) is 24.3 Å². The molecule has 2 aliphatic heterocycles. The number of benzene rings is 2. The molecular formula is C24H27BN2O4. The SMILES string of the molecule is CCC(BN1C(=O)c2ccc3c4c(ccc(c24)C1=O)C(=O)N(C(CC)CC)C3=O)CC. The summed E-state index contributed by atoms with van der Waals surface area (Å²) in [5.41, 5.74) is 1.54. The molecule has 0 aromatic heterocycles. The summed E-state index contributed by atoms with van der Waals surface area (Å²) in [6.45, 7) is 8.01. The average molecular weight is 418 g/mol. The van der Waals surface area contributed by atoms with Crippen molar-refractivity contribution in [3.05, 3.63) is 46.5 Å². The number of hydrogen-bond acceptors (Lipinski definition) is 4. The highest BCUT2D eigenvalue weighted by molar-refractivity contribution is 6.49. The summed E-state index contributed by atoms with van der Waals surface area (Å²) in [6, 6.07) is 6.36. The molecule has 0 radical (unpaired) electrons. The van der Waals surface area contributed by atoms with E-state index in [1.54, 1.807) is 24.3 Å². The van der Waals surface area contributed by atoms with Crippen LogP contribution in [0.25, 0.3) is 10.8 Å². The van der Waals surface area contributed by atoms with E-state index in [1.807, 2.05) is 13.8 Å². The number of hydrogen-bond donors (Lipinski definition) is 0. The zero-order valence-corrected chi connectivity index (χ0v) is 18.5. The van der Waals surface area contributed by atoms with Crippen LogP contribution in [0.1, 0.15) is 94.8 Å². The Morgan fingerprint density at radius 1 is 0.645 bits per heavy atom. The first kappa shape index (κ1) is 21.3. The van der Waals surface area contributed by atoms with Gasteiger partial charge in [0, 0.05) is 39.1 Å². The highest BCUT2D eigenvalue weighted by Crippen LogP contribution is 2.39. The van der Waals surface area contributed by atoms with Gasteiger partial charge < -0.3 is 4.81 Å². The van der Waals surface area contributed by atoms with Gasteiger partial charge in [0.05, 0.1) is 0 Å². The summed E-state index contributed by atoms with van der Waals surface area (Å²) < 4.78 is 0. The Morgan fingerprint density at radius 2 is 1.03 bits per heavy atom. The molecule has 2 aliphatic rings. The van der Waals surface area contributed by atoms with E-state index in [-0.39, 0.29) is 35.5 Å². The van der Waals surface area contributed by atoms with E-state index < -0.39 is 0 Å². The molecule has 4 amide bonds. The van der Waals surface area contributed by atoms with E-state index in [1.165, 1.54) is 9.71 Å². The van der Waals surface area contributed by atoms with Gasteiger partial charge >= 0.3 is 0 Å². The molecule has 2 heterocycles. The van der Waals surface area contributed by atoms with Gasteiger partial charge in [0.15, 0.2) is 0 Å². The highest BCUT2D eigenvalue weighted by Gasteiger charge is 2.41.